The van der Waals surface area contributed by atoms with Crippen molar-refractivity contribution in [1.82, 2.24) is 0 Å². The molecular weight excluding hydrogens is 509 g/mol. The van der Waals surface area contributed by atoms with Crippen molar-refractivity contribution in [3.05, 3.63) is 84.9 Å². The minimum atomic E-state index is -5.12. The van der Waals surface area contributed by atoms with E-state index in [9.17, 15) is 18.0 Å². The van der Waals surface area contributed by atoms with Gasteiger partial charge in [-0.2, -0.15) is 13.2 Å². The number of rotatable bonds is 15. The van der Waals surface area contributed by atoms with E-state index in [0.29, 0.717) is 27.0 Å². The monoisotopic (exact) mass is 546 g/mol. The van der Waals surface area contributed by atoms with Gasteiger partial charge in [-0.15, -0.1) is 0 Å². The van der Waals surface area contributed by atoms with Crippen LogP contribution in [0, 0.1) is 0 Å². The number of benzene rings is 3. The third-order valence-corrected chi connectivity index (χ3v) is 9.46. The molecule has 3 nitrogen and oxygen atoms in total. The van der Waals surface area contributed by atoms with E-state index in [2.05, 4.69) is 6.92 Å². The van der Waals surface area contributed by atoms with E-state index in [-0.39, 0.29) is 0 Å². The van der Waals surface area contributed by atoms with Crippen LogP contribution in [0.5, 0.6) is 5.75 Å². The lowest BCUT2D eigenvalue weighted by Gasteiger charge is -2.39. The first-order valence-electron chi connectivity index (χ1n) is 13.3. The van der Waals surface area contributed by atoms with E-state index in [1.165, 1.54) is 44.9 Å². The summed E-state index contributed by atoms with van der Waals surface area (Å²) in [4.78, 5) is 13.7. The summed E-state index contributed by atoms with van der Waals surface area (Å²) in [5, 5.41) is 0. The number of hydrogen-bond acceptors (Lipinski definition) is 3. The molecule has 206 valence electrons. The van der Waals surface area contributed by atoms with Gasteiger partial charge in [0.1, 0.15) is 5.75 Å². The molecule has 0 heterocycles. The predicted molar refractivity (Wildman–Crippen MR) is 147 cm³/mol. The lowest BCUT2D eigenvalue weighted by Crippen LogP contribution is -2.27. The average Bonchev–Trinajstić information content (AvgIpc) is 2.93. The summed E-state index contributed by atoms with van der Waals surface area (Å²) >= 11 is 0. The Morgan fingerprint density at radius 1 is 0.658 bits per heavy atom. The van der Waals surface area contributed by atoms with E-state index < -0.39 is 22.5 Å². The molecule has 0 amide bonds. The molecular formula is C31H37F3O3S. The third kappa shape index (κ3) is 8.29. The molecule has 7 heteroatoms. The van der Waals surface area contributed by atoms with E-state index in [4.69, 9.17) is 8.92 Å². The Kier molecular flexibility index (Phi) is 11.6. The molecule has 0 aromatic heterocycles. The zero-order valence-corrected chi connectivity index (χ0v) is 22.7. The molecule has 0 saturated carbocycles. The molecule has 0 atom stereocenters. The van der Waals surface area contributed by atoms with E-state index in [0.717, 1.165) is 12.8 Å². The fraction of sp³-hybridized carbons (Fsp3) is 0.387. The van der Waals surface area contributed by atoms with Crippen LogP contribution in [-0.2, 0) is 8.98 Å². The van der Waals surface area contributed by atoms with Crippen molar-refractivity contribution in [3.8, 4) is 5.75 Å². The van der Waals surface area contributed by atoms with Gasteiger partial charge in [-0.3, -0.25) is 0 Å². The summed E-state index contributed by atoms with van der Waals surface area (Å²) in [6, 6.07) is 24.1. The molecule has 0 unspecified atom stereocenters. The highest BCUT2D eigenvalue weighted by Gasteiger charge is 2.47. The van der Waals surface area contributed by atoms with Gasteiger partial charge < -0.3 is 8.92 Å². The predicted octanol–water partition coefficient (Wildman–Crippen LogP) is 9.90. The second kappa shape index (κ2) is 14.9. The first-order chi connectivity index (χ1) is 18.4. The van der Waals surface area contributed by atoms with Gasteiger partial charge in [0.2, 0.25) is 0 Å². The van der Waals surface area contributed by atoms with Gasteiger partial charge in [0.05, 0.1) is 6.61 Å². The number of ether oxygens (including phenoxy) is 1. The summed E-state index contributed by atoms with van der Waals surface area (Å²) in [6.45, 7) is 2.80. The summed E-state index contributed by atoms with van der Waals surface area (Å²) in [5.74, 6) is -1.59. The second-order valence-corrected chi connectivity index (χ2v) is 11.9. The van der Waals surface area contributed by atoms with Gasteiger partial charge in [0.25, 0.3) is 0 Å². The second-order valence-electron chi connectivity index (χ2n) is 9.20. The molecule has 0 radical (unpaired) electrons. The minimum Gasteiger partial charge on any atom is -0.494 e. The van der Waals surface area contributed by atoms with E-state index in [1.54, 1.807) is 84.9 Å². The zero-order chi connectivity index (χ0) is 27.3. The standard InChI is InChI=1S/C31H37F3O3S/c1-2-3-4-5-6-7-8-9-16-25-36-26-21-23-29(24-22-26)38(27-17-12-10-13-18-27,28-19-14-11-15-20-28)37-30(35)31(32,33)34/h10-15,17-24H,2-9,16,25H2,1H3. The third-order valence-electron chi connectivity index (χ3n) is 6.25. The number of carbonyl (C=O) groups is 1. The number of alkyl halides is 3. The van der Waals surface area contributed by atoms with Crippen LogP contribution in [0.4, 0.5) is 13.2 Å². The minimum absolute atomic E-state index is 0.475. The molecule has 0 fully saturated rings. The van der Waals surface area contributed by atoms with Crippen molar-refractivity contribution in [2.24, 2.45) is 0 Å². The molecule has 0 spiro atoms. The van der Waals surface area contributed by atoms with Crippen LogP contribution < -0.4 is 4.74 Å². The van der Waals surface area contributed by atoms with E-state index >= 15 is 0 Å². The maximum Gasteiger partial charge on any atom is 0.491 e. The molecule has 0 bridgehead atoms. The topological polar surface area (TPSA) is 35.5 Å². The lowest BCUT2D eigenvalue weighted by atomic mass is 10.1. The van der Waals surface area contributed by atoms with Gasteiger partial charge >= 0.3 is 12.1 Å². The maximum absolute atomic E-state index is 13.4. The summed E-state index contributed by atoms with van der Waals surface area (Å²) in [5.41, 5.74) is 0. The van der Waals surface area contributed by atoms with Crippen molar-refractivity contribution in [1.29, 1.82) is 0 Å². The molecule has 0 N–H and O–H groups in total. The Bertz CT molecular complexity index is 1050. The lowest BCUT2D eigenvalue weighted by molar-refractivity contribution is -0.188. The summed E-state index contributed by atoms with van der Waals surface area (Å²) in [7, 11) is -3.00. The summed E-state index contributed by atoms with van der Waals surface area (Å²) in [6.07, 6.45) is 5.87. The fourth-order valence-corrected chi connectivity index (χ4v) is 7.29. The van der Waals surface area contributed by atoms with Crippen LogP contribution in [0.1, 0.15) is 64.7 Å². The van der Waals surface area contributed by atoms with Gasteiger partial charge in [-0.05, 0) is 65.3 Å². The molecule has 3 rings (SSSR count). The number of hydrogen-bond donors (Lipinski definition) is 0. The molecule has 0 saturated heterocycles. The largest absolute Gasteiger partial charge is 0.494 e. The molecule has 0 aliphatic heterocycles. The SMILES string of the molecule is CCCCCCCCCCCOc1ccc(S(OC(=O)C(F)(F)F)(c2ccccc2)c2ccccc2)cc1. The van der Waals surface area contributed by atoms with Crippen LogP contribution in [-0.4, -0.2) is 18.8 Å². The van der Waals surface area contributed by atoms with Crippen LogP contribution in [0.15, 0.2) is 99.6 Å². The van der Waals surface area contributed by atoms with Gasteiger partial charge in [-0.25, -0.2) is 4.79 Å². The Balaban J connectivity index is 1.74. The zero-order valence-electron chi connectivity index (χ0n) is 21.9. The quantitative estimate of drug-likeness (QED) is 0.178. The normalized spacial score (nSPS) is 12.2. The summed E-state index contributed by atoms with van der Waals surface area (Å²) < 4.78 is 51.6. The van der Waals surface area contributed by atoms with Crippen molar-refractivity contribution < 1.29 is 26.9 Å². The van der Waals surface area contributed by atoms with Crippen molar-refractivity contribution in [2.45, 2.75) is 85.6 Å². The number of unbranched alkanes of at least 4 members (excludes halogenated alkanes) is 8. The number of halogens is 3. The molecule has 0 aliphatic carbocycles. The van der Waals surface area contributed by atoms with Crippen molar-refractivity contribution >= 4 is 16.3 Å². The van der Waals surface area contributed by atoms with Crippen LogP contribution in [0.2, 0.25) is 0 Å². The smallest absolute Gasteiger partial charge is 0.491 e. The van der Waals surface area contributed by atoms with E-state index in [1.807, 2.05) is 0 Å². The molecule has 3 aromatic carbocycles. The molecule has 3 aromatic rings. The van der Waals surface area contributed by atoms with Gasteiger partial charge in [0.15, 0.2) is 0 Å². The highest BCUT2D eigenvalue weighted by Crippen LogP contribution is 2.69. The first kappa shape index (κ1) is 29.6. The van der Waals surface area contributed by atoms with Gasteiger partial charge in [0, 0.05) is 14.7 Å². The Labute approximate surface area is 225 Å². The first-order valence-corrected chi connectivity index (χ1v) is 14.9. The van der Waals surface area contributed by atoms with Gasteiger partial charge in [-0.1, -0.05) is 94.7 Å². The van der Waals surface area contributed by atoms with Crippen molar-refractivity contribution in [3.63, 3.8) is 0 Å². The Morgan fingerprint density at radius 3 is 1.58 bits per heavy atom. The van der Waals surface area contributed by atoms with Crippen LogP contribution in [0.25, 0.3) is 0 Å². The maximum atomic E-state index is 13.4. The van der Waals surface area contributed by atoms with Crippen LogP contribution >= 0.6 is 10.3 Å². The Morgan fingerprint density at radius 2 is 1.11 bits per heavy atom. The molecule has 0 aliphatic rings. The molecule has 38 heavy (non-hydrogen) atoms. The Hall–Kier alpha value is -2.93. The number of carbonyl (C=O) groups excluding carboxylic acids is 1. The average molecular weight is 547 g/mol. The highest BCUT2D eigenvalue weighted by molar-refractivity contribution is 8.30. The van der Waals surface area contributed by atoms with Crippen LogP contribution in [0.3, 0.4) is 0 Å². The fourth-order valence-electron chi connectivity index (χ4n) is 4.27. The highest BCUT2D eigenvalue weighted by atomic mass is 32.3. The van der Waals surface area contributed by atoms with Crippen molar-refractivity contribution in [2.75, 3.05) is 6.61 Å².